The lowest BCUT2D eigenvalue weighted by Crippen LogP contribution is -2.53. The van der Waals surface area contributed by atoms with E-state index < -0.39 is 11.0 Å². The Balaban J connectivity index is 1.56. The van der Waals surface area contributed by atoms with Gasteiger partial charge in [-0.05, 0) is 41.7 Å². The van der Waals surface area contributed by atoms with Gasteiger partial charge in [-0.25, -0.2) is 0 Å². The minimum Gasteiger partial charge on any atom is -0.497 e. The summed E-state index contributed by atoms with van der Waals surface area (Å²) in [5.74, 6) is 1.11. The molecule has 0 aromatic heterocycles. The monoisotopic (exact) mass is 575 g/mol. The molecule has 3 aromatic carbocycles. The molecule has 4 rings (SSSR count). The lowest BCUT2D eigenvalue weighted by atomic mass is 9.94. The van der Waals surface area contributed by atoms with Crippen LogP contribution in [0.4, 0.5) is 5.69 Å². The Kier molecular flexibility index (Phi) is 11.2. The second kappa shape index (κ2) is 15.2. The highest BCUT2D eigenvalue weighted by Gasteiger charge is 2.32. The van der Waals surface area contributed by atoms with Gasteiger partial charge in [-0.2, -0.15) is 0 Å². The predicted octanol–water partition coefficient (Wildman–Crippen LogP) is 5.93. The molecule has 1 N–H and O–H groups in total. The van der Waals surface area contributed by atoms with E-state index in [9.17, 15) is 19.7 Å². The molecule has 1 aliphatic rings. The fourth-order valence-electron chi connectivity index (χ4n) is 5.12. The average Bonchev–Trinajstić information content (AvgIpc) is 3.00. The van der Waals surface area contributed by atoms with Crippen molar-refractivity contribution >= 4 is 29.3 Å². The molecule has 0 radical (unpaired) electrons. The van der Waals surface area contributed by atoms with E-state index in [2.05, 4.69) is 5.32 Å². The fourth-order valence-corrected chi connectivity index (χ4v) is 5.99. The molecule has 1 unspecified atom stereocenters. The number of nitro benzene ring substituents is 1. The van der Waals surface area contributed by atoms with Crippen molar-refractivity contribution in [3.63, 3.8) is 0 Å². The second-order valence-corrected chi connectivity index (χ2v) is 11.3. The van der Waals surface area contributed by atoms with E-state index >= 15 is 0 Å². The Bertz CT molecular complexity index is 1300. The second-order valence-electron chi connectivity index (χ2n) is 10.3. The van der Waals surface area contributed by atoms with Crippen molar-refractivity contribution in [1.82, 2.24) is 10.2 Å². The molecule has 0 spiro atoms. The van der Waals surface area contributed by atoms with Crippen LogP contribution in [0.5, 0.6) is 5.75 Å². The van der Waals surface area contributed by atoms with Gasteiger partial charge in [-0.15, -0.1) is 11.8 Å². The van der Waals surface area contributed by atoms with Gasteiger partial charge < -0.3 is 15.0 Å². The van der Waals surface area contributed by atoms with Crippen molar-refractivity contribution in [2.24, 2.45) is 0 Å². The Labute approximate surface area is 245 Å². The summed E-state index contributed by atoms with van der Waals surface area (Å²) in [7, 11) is 1.60. The summed E-state index contributed by atoms with van der Waals surface area (Å²) in [6.07, 6.45) is 5.70. The maximum atomic E-state index is 13.9. The SMILES string of the molecule is COc1cccc(CN(C(=O)CSCc2ccc([N+](=O)[O-])cc2)C(Cc2ccccc2)C(=O)NC2CCCCC2)c1. The largest absolute Gasteiger partial charge is 0.497 e. The predicted molar refractivity (Wildman–Crippen MR) is 162 cm³/mol. The van der Waals surface area contributed by atoms with Gasteiger partial charge in [-0.1, -0.05) is 73.9 Å². The van der Waals surface area contributed by atoms with Crippen LogP contribution in [0.15, 0.2) is 78.9 Å². The first-order chi connectivity index (χ1) is 19.9. The first-order valence-corrected chi connectivity index (χ1v) is 15.2. The molecular weight excluding hydrogens is 538 g/mol. The van der Waals surface area contributed by atoms with E-state index in [1.54, 1.807) is 24.1 Å². The minimum atomic E-state index is -0.682. The van der Waals surface area contributed by atoms with Gasteiger partial charge in [0, 0.05) is 36.9 Å². The van der Waals surface area contributed by atoms with Gasteiger partial charge in [0.15, 0.2) is 0 Å². The van der Waals surface area contributed by atoms with Crippen molar-refractivity contribution in [1.29, 1.82) is 0 Å². The van der Waals surface area contributed by atoms with Gasteiger partial charge in [0.25, 0.3) is 5.69 Å². The summed E-state index contributed by atoms with van der Waals surface area (Å²) in [5.41, 5.74) is 2.79. The zero-order chi connectivity index (χ0) is 29.0. The first kappa shape index (κ1) is 30.1. The molecule has 1 atom stereocenters. The third-order valence-corrected chi connectivity index (χ3v) is 8.34. The van der Waals surface area contributed by atoms with Crippen molar-refractivity contribution in [3.8, 4) is 5.75 Å². The van der Waals surface area contributed by atoms with Crippen LogP contribution in [0.2, 0.25) is 0 Å². The highest BCUT2D eigenvalue weighted by molar-refractivity contribution is 7.99. The van der Waals surface area contributed by atoms with Crippen LogP contribution in [0.1, 0.15) is 48.8 Å². The number of benzene rings is 3. The summed E-state index contributed by atoms with van der Waals surface area (Å²) in [6.45, 7) is 0.268. The van der Waals surface area contributed by atoms with E-state index in [1.807, 2.05) is 54.6 Å². The molecule has 0 bridgehead atoms. The van der Waals surface area contributed by atoms with Gasteiger partial charge in [0.1, 0.15) is 11.8 Å². The smallest absolute Gasteiger partial charge is 0.269 e. The molecule has 41 heavy (non-hydrogen) atoms. The molecule has 3 aromatic rings. The number of nitro groups is 1. The van der Waals surface area contributed by atoms with Crippen molar-refractivity contribution in [2.45, 2.75) is 62.9 Å². The minimum absolute atomic E-state index is 0.0343. The number of ether oxygens (including phenoxy) is 1. The number of amides is 2. The van der Waals surface area contributed by atoms with Crippen LogP contribution in [-0.4, -0.2) is 46.6 Å². The highest BCUT2D eigenvalue weighted by Crippen LogP contribution is 2.23. The lowest BCUT2D eigenvalue weighted by molar-refractivity contribution is -0.384. The number of hydrogen-bond acceptors (Lipinski definition) is 6. The highest BCUT2D eigenvalue weighted by atomic mass is 32.2. The number of carbonyl (C=O) groups is 2. The third-order valence-electron chi connectivity index (χ3n) is 7.35. The number of non-ortho nitro benzene ring substituents is 1. The molecule has 0 heterocycles. The number of rotatable bonds is 13. The number of hydrogen-bond donors (Lipinski definition) is 1. The fraction of sp³-hybridized carbons (Fsp3) is 0.375. The summed E-state index contributed by atoms with van der Waals surface area (Å²) < 4.78 is 5.41. The lowest BCUT2D eigenvalue weighted by Gasteiger charge is -2.33. The summed E-state index contributed by atoms with van der Waals surface area (Å²) >= 11 is 1.43. The normalized spacial score (nSPS) is 14.2. The van der Waals surface area contributed by atoms with Crippen molar-refractivity contribution < 1.29 is 19.2 Å². The standard InChI is InChI=1S/C32H37N3O5S/c1-40-29-14-8-11-26(19-29)21-34(31(36)23-41-22-25-15-17-28(18-16-25)35(38)39)30(20-24-9-4-2-5-10-24)32(37)33-27-12-6-3-7-13-27/h2,4-5,8-11,14-19,27,30H,3,6-7,12-13,20-23H2,1H3,(H,33,37). The Hall–Kier alpha value is -3.85. The van der Waals surface area contributed by atoms with Gasteiger partial charge in [-0.3, -0.25) is 19.7 Å². The molecule has 0 aliphatic heterocycles. The molecule has 1 aliphatic carbocycles. The maximum Gasteiger partial charge on any atom is 0.269 e. The number of nitrogens with one attached hydrogen (secondary N) is 1. The summed E-state index contributed by atoms with van der Waals surface area (Å²) in [4.78, 5) is 40.0. The molecule has 9 heteroatoms. The number of methoxy groups -OCH3 is 1. The van der Waals surface area contributed by atoms with E-state index in [4.69, 9.17) is 4.74 Å². The van der Waals surface area contributed by atoms with Gasteiger partial charge in [0.05, 0.1) is 17.8 Å². The zero-order valence-electron chi connectivity index (χ0n) is 23.4. The van der Waals surface area contributed by atoms with E-state index in [-0.39, 0.29) is 35.8 Å². The van der Waals surface area contributed by atoms with Crippen LogP contribution in [0.3, 0.4) is 0 Å². The first-order valence-electron chi connectivity index (χ1n) is 14.0. The average molecular weight is 576 g/mol. The molecule has 1 saturated carbocycles. The van der Waals surface area contributed by atoms with Crippen LogP contribution in [0, 0.1) is 10.1 Å². The number of thioether (sulfide) groups is 1. The molecule has 216 valence electrons. The summed E-state index contributed by atoms with van der Waals surface area (Å²) in [6, 6.07) is 23.2. The van der Waals surface area contributed by atoms with Crippen molar-refractivity contribution in [3.05, 3.63) is 106 Å². The topological polar surface area (TPSA) is 102 Å². The summed E-state index contributed by atoms with van der Waals surface area (Å²) in [5, 5.41) is 14.2. The number of nitrogens with zero attached hydrogens (tertiary/aromatic N) is 2. The van der Waals surface area contributed by atoms with E-state index in [0.717, 1.165) is 42.4 Å². The van der Waals surface area contributed by atoms with Crippen LogP contribution < -0.4 is 10.1 Å². The number of carbonyl (C=O) groups excluding carboxylic acids is 2. The third kappa shape index (κ3) is 9.08. The zero-order valence-corrected chi connectivity index (χ0v) is 24.2. The Morgan fingerprint density at radius 2 is 1.68 bits per heavy atom. The van der Waals surface area contributed by atoms with Crippen LogP contribution in [-0.2, 0) is 28.3 Å². The van der Waals surface area contributed by atoms with Crippen LogP contribution in [0.25, 0.3) is 0 Å². The van der Waals surface area contributed by atoms with Crippen LogP contribution >= 0.6 is 11.8 Å². The molecule has 8 nitrogen and oxygen atoms in total. The van der Waals surface area contributed by atoms with E-state index in [0.29, 0.717) is 17.9 Å². The molecule has 2 amide bonds. The van der Waals surface area contributed by atoms with Gasteiger partial charge in [0.2, 0.25) is 11.8 Å². The van der Waals surface area contributed by atoms with Crippen molar-refractivity contribution in [2.75, 3.05) is 12.9 Å². The Morgan fingerprint density at radius 3 is 2.37 bits per heavy atom. The molecule has 1 fully saturated rings. The maximum absolute atomic E-state index is 13.9. The van der Waals surface area contributed by atoms with Gasteiger partial charge >= 0.3 is 0 Å². The van der Waals surface area contributed by atoms with E-state index in [1.165, 1.54) is 30.3 Å². The molecular formula is C32H37N3O5S. The quantitative estimate of drug-likeness (QED) is 0.200. The Morgan fingerprint density at radius 1 is 0.976 bits per heavy atom. The molecule has 0 saturated heterocycles.